The molecule has 118 valence electrons. The lowest BCUT2D eigenvalue weighted by Crippen LogP contribution is -2.17. The van der Waals surface area contributed by atoms with Crippen molar-refractivity contribution in [3.05, 3.63) is 28.8 Å². The number of hydrogen-bond donors (Lipinski definition) is 1. The number of hydrogen-bond acceptors (Lipinski definition) is 1. The summed E-state index contributed by atoms with van der Waals surface area (Å²) in [7, 11) is 0. The lowest BCUT2D eigenvalue weighted by molar-refractivity contribution is 0.423. The zero-order valence-corrected chi connectivity index (χ0v) is 15.6. The molecule has 0 aliphatic heterocycles. The first-order chi connectivity index (χ1) is 9.03. The smallest absolute Gasteiger partial charge is 0.123 e. The quantitative estimate of drug-likeness (QED) is 0.587. The van der Waals surface area contributed by atoms with E-state index >= 15 is 0 Å². The molecule has 0 radical (unpaired) electrons. The normalized spacial score (nSPS) is 10.9. The van der Waals surface area contributed by atoms with Crippen LogP contribution in [0.5, 0.6) is 5.75 Å². The number of rotatable bonds is 0. The summed E-state index contributed by atoms with van der Waals surface area (Å²) in [5.41, 5.74) is 3.26. The molecule has 1 N–H and O–H groups in total. The highest BCUT2D eigenvalue weighted by Gasteiger charge is 2.25. The largest absolute Gasteiger partial charge is 0.507 e. The summed E-state index contributed by atoms with van der Waals surface area (Å²) in [6.07, 6.45) is 0. The second-order valence-electron chi connectivity index (χ2n) is 6.71. The van der Waals surface area contributed by atoms with E-state index in [0.717, 1.165) is 11.1 Å². The van der Waals surface area contributed by atoms with Crippen LogP contribution in [0.4, 0.5) is 0 Å². The van der Waals surface area contributed by atoms with Gasteiger partial charge in [-0.1, -0.05) is 86.9 Å². The second-order valence-corrected chi connectivity index (χ2v) is 6.71. The van der Waals surface area contributed by atoms with Gasteiger partial charge in [0, 0.05) is 0 Å². The Balaban J connectivity index is 0. The summed E-state index contributed by atoms with van der Waals surface area (Å²) in [6.45, 7) is 22.9. The number of benzene rings is 1. The van der Waals surface area contributed by atoms with Crippen LogP contribution < -0.4 is 0 Å². The van der Waals surface area contributed by atoms with E-state index in [-0.39, 0.29) is 10.8 Å². The van der Waals surface area contributed by atoms with Crippen molar-refractivity contribution in [2.75, 3.05) is 0 Å². The van der Waals surface area contributed by atoms with Gasteiger partial charge in [0.05, 0.1) is 0 Å². The average Bonchev–Trinajstić information content (AvgIpc) is 2.34. The van der Waals surface area contributed by atoms with Gasteiger partial charge < -0.3 is 5.11 Å². The third-order valence-electron chi connectivity index (χ3n) is 2.87. The van der Waals surface area contributed by atoms with Crippen LogP contribution in [0.15, 0.2) is 12.1 Å². The van der Waals surface area contributed by atoms with Gasteiger partial charge in [-0.2, -0.15) is 0 Å². The average molecular weight is 280 g/mol. The minimum absolute atomic E-state index is 0.0178. The molecule has 0 aromatic heterocycles. The molecule has 0 saturated carbocycles. The fourth-order valence-electron chi connectivity index (χ4n) is 1.92. The highest BCUT2D eigenvalue weighted by atomic mass is 16.3. The standard InChI is InChI=1S/C15H24O.2C2H6/c1-10-8-11(14(2,3)4)13(16)12(9-10)15(5,6)7;2*1-2/h8-9,16H,1-7H3;2*1-2H3. The molecule has 0 amide bonds. The van der Waals surface area contributed by atoms with E-state index in [0.29, 0.717) is 5.75 Å². The molecule has 1 nitrogen and oxygen atoms in total. The maximum absolute atomic E-state index is 10.4. The topological polar surface area (TPSA) is 20.2 Å². The Labute approximate surface area is 127 Å². The molecular weight excluding hydrogens is 244 g/mol. The second kappa shape index (κ2) is 8.34. The Morgan fingerprint density at radius 3 is 1.15 bits per heavy atom. The van der Waals surface area contributed by atoms with Crippen LogP contribution in [-0.2, 0) is 10.8 Å². The highest BCUT2D eigenvalue weighted by Crippen LogP contribution is 2.39. The van der Waals surface area contributed by atoms with E-state index in [1.54, 1.807) is 0 Å². The minimum atomic E-state index is -0.0178. The molecule has 0 aliphatic carbocycles. The van der Waals surface area contributed by atoms with Crippen molar-refractivity contribution >= 4 is 0 Å². The summed E-state index contributed by atoms with van der Waals surface area (Å²) >= 11 is 0. The van der Waals surface area contributed by atoms with E-state index in [4.69, 9.17) is 0 Å². The van der Waals surface area contributed by atoms with E-state index < -0.39 is 0 Å². The Morgan fingerprint density at radius 1 is 0.700 bits per heavy atom. The van der Waals surface area contributed by atoms with Crippen molar-refractivity contribution in [2.45, 2.75) is 87.0 Å². The summed E-state index contributed by atoms with van der Waals surface area (Å²) in [5, 5.41) is 10.4. The molecule has 0 spiro atoms. The zero-order valence-electron chi connectivity index (χ0n) is 15.6. The molecule has 0 aliphatic rings. The molecule has 0 atom stereocenters. The van der Waals surface area contributed by atoms with E-state index in [1.165, 1.54) is 5.56 Å². The van der Waals surface area contributed by atoms with Gasteiger partial charge in [-0.15, -0.1) is 0 Å². The Hall–Kier alpha value is -0.980. The number of phenols is 1. The third kappa shape index (κ3) is 5.98. The first kappa shape index (κ1) is 21.3. The van der Waals surface area contributed by atoms with Crippen LogP contribution >= 0.6 is 0 Å². The molecule has 0 bridgehead atoms. The van der Waals surface area contributed by atoms with Crippen molar-refractivity contribution in [3.63, 3.8) is 0 Å². The molecule has 1 aromatic rings. The van der Waals surface area contributed by atoms with Gasteiger partial charge in [-0.05, 0) is 28.9 Å². The fraction of sp³-hybridized carbons (Fsp3) is 0.684. The summed E-state index contributed by atoms with van der Waals surface area (Å²) in [4.78, 5) is 0. The molecular formula is C19H36O. The van der Waals surface area contributed by atoms with Gasteiger partial charge in [0.25, 0.3) is 0 Å². The summed E-state index contributed by atoms with van der Waals surface area (Å²) in [5.74, 6) is 0.464. The lowest BCUT2D eigenvalue weighted by Gasteiger charge is -2.27. The van der Waals surface area contributed by atoms with Gasteiger partial charge in [-0.3, -0.25) is 0 Å². The Kier molecular flexibility index (Phi) is 8.89. The highest BCUT2D eigenvalue weighted by molar-refractivity contribution is 5.49. The first-order valence-electron chi connectivity index (χ1n) is 7.88. The molecule has 0 unspecified atom stereocenters. The van der Waals surface area contributed by atoms with Gasteiger partial charge in [-0.25, -0.2) is 0 Å². The number of aromatic hydroxyl groups is 1. The molecule has 20 heavy (non-hydrogen) atoms. The van der Waals surface area contributed by atoms with E-state index in [1.807, 2.05) is 27.7 Å². The zero-order chi connectivity index (χ0) is 16.7. The Morgan fingerprint density at radius 2 is 0.950 bits per heavy atom. The van der Waals surface area contributed by atoms with Gasteiger partial charge >= 0.3 is 0 Å². The lowest BCUT2D eigenvalue weighted by atomic mass is 9.78. The van der Waals surface area contributed by atoms with Gasteiger partial charge in [0.15, 0.2) is 0 Å². The number of phenolic OH excluding ortho intramolecular Hbond substituents is 1. The van der Waals surface area contributed by atoms with Crippen molar-refractivity contribution in [3.8, 4) is 5.75 Å². The Bertz CT molecular complexity index is 354. The summed E-state index contributed by atoms with van der Waals surface area (Å²) < 4.78 is 0. The minimum Gasteiger partial charge on any atom is -0.507 e. The molecule has 0 saturated heterocycles. The van der Waals surface area contributed by atoms with Crippen LogP contribution in [0.25, 0.3) is 0 Å². The number of aryl methyl sites for hydroxylation is 1. The fourth-order valence-corrected chi connectivity index (χ4v) is 1.92. The molecule has 1 heteroatoms. The van der Waals surface area contributed by atoms with Crippen molar-refractivity contribution < 1.29 is 5.11 Å². The van der Waals surface area contributed by atoms with Gasteiger partial charge in [0.2, 0.25) is 0 Å². The van der Waals surface area contributed by atoms with E-state index in [9.17, 15) is 5.11 Å². The van der Waals surface area contributed by atoms with Gasteiger partial charge in [0.1, 0.15) is 5.75 Å². The third-order valence-corrected chi connectivity index (χ3v) is 2.87. The monoisotopic (exact) mass is 280 g/mol. The molecule has 1 aromatic carbocycles. The SMILES string of the molecule is CC.CC.Cc1cc(C(C)(C)C)c(O)c(C(C)(C)C)c1. The maximum Gasteiger partial charge on any atom is 0.123 e. The van der Waals surface area contributed by atoms with Crippen molar-refractivity contribution in [1.82, 2.24) is 0 Å². The van der Waals surface area contributed by atoms with Crippen molar-refractivity contribution in [2.24, 2.45) is 0 Å². The van der Waals surface area contributed by atoms with E-state index in [2.05, 4.69) is 60.6 Å². The first-order valence-corrected chi connectivity index (χ1v) is 7.88. The predicted molar refractivity (Wildman–Crippen MR) is 92.9 cm³/mol. The molecule has 0 fully saturated rings. The molecule has 1 rings (SSSR count). The van der Waals surface area contributed by atoms with Crippen LogP contribution in [0.2, 0.25) is 0 Å². The predicted octanol–water partition coefficient (Wildman–Crippen LogP) is 6.35. The van der Waals surface area contributed by atoms with Crippen LogP contribution in [0, 0.1) is 6.92 Å². The summed E-state index contributed by atoms with van der Waals surface area (Å²) in [6, 6.07) is 4.18. The van der Waals surface area contributed by atoms with Crippen LogP contribution in [0.1, 0.15) is 85.9 Å². The van der Waals surface area contributed by atoms with Crippen molar-refractivity contribution in [1.29, 1.82) is 0 Å². The maximum atomic E-state index is 10.4. The van der Waals surface area contributed by atoms with Crippen LogP contribution in [-0.4, -0.2) is 5.11 Å². The molecule has 0 heterocycles. The van der Waals surface area contributed by atoms with Crippen LogP contribution in [0.3, 0.4) is 0 Å².